The summed E-state index contributed by atoms with van der Waals surface area (Å²) >= 11 is 1.24. The van der Waals surface area contributed by atoms with Gasteiger partial charge in [-0.15, -0.1) is 11.3 Å². The quantitative estimate of drug-likeness (QED) is 0.911. The number of amides is 1. The molecule has 1 amide bonds. The van der Waals surface area contributed by atoms with Gasteiger partial charge in [0, 0.05) is 16.1 Å². The predicted molar refractivity (Wildman–Crippen MR) is 82.8 cm³/mol. The van der Waals surface area contributed by atoms with Gasteiger partial charge in [-0.05, 0) is 37.5 Å². The maximum atomic E-state index is 13.9. The van der Waals surface area contributed by atoms with E-state index in [1.54, 1.807) is 19.1 Å². The zero-order valence-electron chi connectivity index (χ0n) is 12.1. The predicted octanol–water partition coefficient (Wildman–Crippen LogP) is 3.33. The summed E-state index contributed by atoms with van der Waals surface area (Å²) in [5.74, 6) is -2.05. The number of fused-ring (bicyclic) bond motifs is 1. The molecule has 1 aromatic heterocycles. The van der Waals surface area contributed by atoms with Crippen LogP contribution in [0.5, 0.6) is 0 Å². The topological polar surface area (TPSA) is 66.4 Å². The lowest BCUT2D eigenvalue weighted by atomic mass is 10.0. The molecule has 116 valence electrons. The molecule has 1 aliphatic rings. The molecule has 1 fully saturated rings. The number of carbonyl (C=O) groups is 2. The highest BCUT2D eigenvalue weighted by molar-refractivity contribution is 7.21. The Labute approximate surface area is 130 Å². The molecule has 0 radical (unpaired) electrons. The number of benzene rings is 1. The van der Waals surface area contributed by atoms with Crippen LogP contribution in [0.1, 0.15) is 34.5 Å². The van der Waals surface area contributed by atoms with Gasteiger partial charge in [0.05, 0.1) is 10.8 Å². The minimum absolute atomic E-state index is 0.309. The first-order valence-corrected chi connectivity index (χ1v) is 8.02. The Morgan fingerprint density at radius 2 is 2.14 bits per heavy atom. The van der Waals surface area contributed by atoms with Crippen LogP contribution in [0, 0.1) is 18.7 Å². The number of hydrogen-bond acceptors (Lipinski definition) is 3. The largest absolute Gasteiger partial charge is 0.481 e. The van der Waals surface area contributed by atoms with E-state index < -0.39 is 11.9 Å². The summed E-state index contributed by atoms with van der Waals surface area (Å²) in [6, 6.07) is 4.43. The van der Waals surface area contributed by atoms with Crippen molar-refractivity contribution in [1.29, 1.82) is 0 Å². The maximum Gasteiger partial charge on any atom is 0.308 e. The summed E-state index contributed by atoms with van der Waals surface area (Å²) in [5, 5.41) is 12.5. The summed E-state index contributed by atoms with van der Waals surface area (Å²) in [6.07, 6.45) is 2.04. The van der Waals surface area contributed by atoms with Crippen LogP contribution in [-0.2, 0) is 4.79 Å². The molecule has 0 bridgehead atoms. The van der Waals surface area contributed by atoms with Crippen molar-refractivity contribution in [3.8, 4) is 0 Å². The van der Waals surface area contributed by atoms with E-state index in [1.165, 1.54) is 17.4 Å². The number of carbonyl (C=O) groups excluding carboxylic acids is 1. The smallest absolute Gasteiger partial charge is 0.308 e. The molecule has 0 unspecified atom stereocenters. The van der Waals surface area contributed by atoms with Crippen LogP contribution in [0.4, 0.5) is 4.39 Å². The van der Waals surface area contributed by atoms with Crippen LogP contribution in [0.25, 0.3) is 10.1 Å². The van der Waals surface area contributed by atoms with Gasteiger partial charge in [0.2, 0.25) is 0 Å². The first kappa shape index (κ1) is 15.0. The highest BCUT2D eigenvalue weighted by atomic mass is 32.1. The Morgan fingerprint density at radius 1 is 1.36 bits per heavy atom. The number of nitrogens with one attached hydrogen (secondary N) is 1. The van der Waals surface area contributed by atoms with Gasteiger partial charge in [-0.25, -0.2) is 4.39 Å². The monoisotopic (exact) mass is 321 g/mol. The molecule has 1 heterocycles. The number of thiophene rings is 1. The average molecular weight is 321 g/mol. The first-order valence-electron chi connectivity index (χ1n) is 7.20. The van der Waals surface area contributed by atoms with Crippen molar-refractivity contribution in [1.82, 2.24) is 5.32 Å². The number of hydrogen-bond donors (Lipinski definition) is 2. The molecule has 6 heteroatoms. The Hall–Kier alpha value is -1.95. The van der Waals surface area contributed by atoms with E-state index in [0.717, 1.165) is 11.1 Å². The van der Waals surface area contributed by atoms with Gasteiger partial charge in [-0.1, -0.05) is 12.5 Å². The lowest BCUT2D eigenvalue weighted by molar-refractivity contribution is -0.142. The third kappa shape index (κ3) is 2.47. The van der Waals surface area contributed by atoms with E-state index in [0.29, 0.717) is 28.7 Å². The molecule has 1 saturated carbocycles. The van der Waals surface area contributed by atoms with Crippen molar-refractivity contribution in [2.45, 2.75) is 32.2 Å². The molecule has 1 aliphatic carbocycles. The second-order valence-corrected chi connectivity index (χ2v) is 6.68. The minimum atomic E-state index is -0.873. The average Bonchev–Trinajstić information content (AvgIpc) is 3.04. The van der Waals surface area contributed by atoms with Crippen molar-refractivity contribution in [3.05, 3.63) is 34.5 Å². The first-order chi connectivity index (χ1) is 10.5. The Morgan fingerprint density at radius 3 is 2.82 bits per heavy atom. The van der Waals surface area contributed by atoms with E-state index in [-0.39, 0.29) is 17.8 Å². The van der Waals surface area contributed by atoms with Gasteiger partial charge in [0.1, 0.15) is 5.82 Å². The van der Waals surface area contributed by atoms with Crippen molar-refractivity contribution >= 4 is 33.3 Å². The van der Waals surface area contributed by atoms with Crippen molar-refractivity contribution in [2.75, 3.05) is 0 Å². The molecule has 3 rings (SSSR count). The van der Waals surface area contributed by atoms with E-state index in [2.05, 4.69) is 5.32 Å². The molecule has 0 spiro atoms. The zero-order valence-corrected chi connectivity index (χ0v) is 12.9. The molecule has 4 nitrogen and oxygen atoms in total. The third-order valence-corrected chi connectivity index (χ3v) is 5.51. The van der Waals surface area contributed by atoms with Crippen LogP contribution in [0.15, 0.2) is 18.2 Å². The van der Waals surface area contributed by atoms with Gasteiger partial charge >= 0.3 is 5.97 Å². The van der Waals surface area contributed by atoms with Crippen LogP contribution in [0.2, 0.25) is 0 Å². The molecule has 22 heavy (non-hydrogen) atoms. The summed E-state index contributed by atoms with van der Waals surface area (Å²) in [7, 11) is 0. The van der Waals surface area contributed by atoms with Crippen molar-refractivity contribution < 1.29 is 19.1 Å². The van der Waals surface area contributed by atoms with Crippen LogP contribution >= 0.6 is 11.3 Å². The fraction of sp³-hybridized carbons (Fsp3) is 0.375. The maximum absolute atomic E-state index is 13.9. The molecule has 0 saturated heterocycles. The number of carboxylic acid groups (broad SMARTS) is 1. The number of aliphatic carboxylic acids is 1. The third-order valence-electron chi connectivity index (χ3n) is 4.26. The van der Waals surface area contributed by atoms with E-state index in [1.807, 2.05) is 0 Å². The van der Waals surface area contributed by atoms with Gasteiger partial charge in [0.25, 0.3) is 5.91 Å². The molecule has 2 atom stereocenters. The summed E-state index contributed by atoms with van der Waals surface area (Å²) < 4.78 is 14.6. The van der Waals surface area contributed by atoms with E-state index >= 15 is 0 Å². The Balaban J connectivity index is 1.88. The van der Waals surface area contributed by atoms with Crippen LogP contribution in [-0.4, -0.2) is 23.0 Å². The van der Waals surface area contributed by atoms with Crippen molar-refractivity contribution in [3.63, 3.8) is 0 Å². The van der Waals surface area contributed by atoms with Crippen LogP contribution in [0.3, 0.4) is 0 Å². The summed E-state index contributed by atoms with van der Waals surface area (Å²) in [6.45, 7) is 1.72. The minimum Gasteiger partial charge on any atom is -0.481 e. The molecular formula is C16H16FNO3S. The molecule has 0 aliphatic heterocycles. The van der Waals surface area contributed by atoms with Crippen LogP contribution < -0.4 is 5.32 Å². The van der Waals surface area contributed by atoms with Gasteiger partial charge < -0.3 is 10.4 Å². The Kier molecular flexibility index (Phi) is 3.87. The van der Waals surface area contributed by atoms with Gasteiger partial charge in [-0.2, -0.15) is 0 Å². The fourth-order valence-corrected chi connectivity index (χ4v) is 4.26. The molecule has 1 aromatic carbocycles. The fourth-order valence-electron chi connectivity index (χ4n) is 3.13. The van der Waals surface area contributed by atoms with E-state index in [4.69, 9.17) is 0 Å². The second kappa shape index (κ2) is 5.68. The van der Waals surface area contributed by atoms with Crippen molar-refractivity contribution in [2.24, 2.45) is 5.92 Å². The van der Waals surface area contributed by atoms with Gasteiger partial charge in [0.15, 0.2) is 0 Å². The summed E-state index contributed by atoms with van der Waals surface area (Å²) in [5.41, 5.74) is 0.612. The lowest BCUT2D eigenvalue weighted by Crippen LogP contribution is -2.40. The van der Waals surface area contributed by atoms with Gasteiger partial charge in [-0.3, -0.25) is 9.59 Å². The molecule has 2 N–H and O–H groups in total. The normalized spacial score (nSPS) is 21.2. The molecule has 2 aromatic rings. The number of aryl methyl sites for hydroxylation is 1. The highest BCUT2D eigenvalue weighted by Gasteiger charge is 2.34. The SMILES string of the molecule is Cc1c(C(=O)N[C@@H]2CCC[C@@H]2C(=O)O)sc2cccc(F)c12. The van der Waals surface area contributed by atoms with E-state index in [9.17, 15) is 19.1 Å². The summed E-state index contributed by atoms with van der Waals surface area (Å²) in [4.78, 5) is 24.1. The lowest BCUT2D eigenvalue weighted by Gasteiger charge is -2.17. The number of carboxylic acids is 1. The second-order valence-electron chi connectivity index (χ2n) is 5.62. The Bertz CT molecular complexity index is 755. The standard InChI is InChI=1S/C16H16FNO3S/c1-8-13-10(17)5-3-7-12(13)22-14(8)15(19)18-11-6-2-4-9(11)16(20)21/h3,5,7,9,11H,2,4,6H2,1H3,(H,18,19)(H,20,21)/t9-,11+/m0/s1. The zero-order chi connectivity index (χ0) is 15.9. The highest BCUT2D eigenvalue weighted by Crippen LogP contribution is 2.33. The number of rotatable bonds is 3. The molecular weight excluding hydrogens is 305 g/mol. The number of halogens is 1.